The number of hydrogen-bond donors (Lipinski definition) is 1. The summed E-state index contributed by atoms with van der Waals surface area (Å²) in [6, 6.07) is 0. The van der Waals surface area contributed by atoms with E-state index in [1.54, 1.807) is 19.0 Å². The van der Waals surface area contributed by atoms with Crippen LogP contribution in [0.2, 0.25) is 5.15 Å². The van der Waals surface area contributed by atoms with Gasteiger partial charge in [0.2, 0.25) is 5.91 Å². The molecule has 0 bridgehead atoms. The molecule has 1 aliphatic rings. The van der Waals surface area contributed by atoms with Crippen molar-refractivity contribution in [1.82, 2.24) is 14.9 Å². The second kappa shape index (κ2) is 4.75. The molecule has 0 radical (unpaired) electrons. The molecule has 2 heterocycles. The highest BCUT2D eigenvalue weighted by Crippen LogP contribution is 2.29. The van der Waals surface area contributed by atoms with Crippen LogP contribution in [-0.4, -0.2) is 54.5 Å². The highest BCUT2D eigenvalue weighted by Gasteiger charge is 2.24. The molecule has 1 N–H and O–H groups in total. The highest BCUT2D eigenvalue weighted by atomic mass is 35.5. The van der Waals surface area contributed by atoms with Crippen molar-refractivity contribution in [2.24, 2.45) is 0 Å². The number of carbonyl (C=O) groups is 1. The Bertz CT molecular complexity index is 439. The first-order valence-corrected chi connectivity index (χ1v) is 5.68. The predicted octanol–water partition coefficient (Wildman–Crippen LogP) is 0.450. The fourth-order valence-corrected chi connectivity index (χ4v) is 1.97. The van der Waals surface area contributed by atoms with Gasteiger partial charge >= 0.3 is 0 Å². The summed E-state index contributed by atoms with van der Waals surface area (Å²) in [4.78, 5) is 23.4. The number of likely N-dealkylation sites (N-methyl/N-ethyl adjacent to an activating group) is 1. The van der Waals surface area contributed by atoms with Crippen LogP contribution in [0.3, 0.4) is 0 Å². The number of aromatic nitrogens is 2. The van der Waals surface area contributed by atoms with E-state index >= 15 is 0 Å². The minimum absolute atomic E-state index is 0.0769. The van der Waals surface area contributed by atoms with Crippen molar-refractivity contribution in [3.8, 4) is 0 Å². The van der Waals surface area contributed by atoms with Crippen molar-refractivity contribution in [1.29, 1.82) is 0 Å². The Labute approximate surface area is 105 Å². The number of piperazine rings is 1. The molecule has 0 spiro atoms. The van der Waals surface area contributed by atoms with Crippen LogP contribution in [0.5, 0.6) is 0 Å². The Morgan fingerprint density at radius 3 is 2.82 bits per heavy atom. The normalized spacial score (nSPS) is 16.3. The van der Waals surface area contributed by atoms with E-state index in [4.69, 9.17) is 11.6 Å². The third kappa shape index (κ3) is 2.26. The number of nitrogens with one attached hydrogen (secondary N) is 1. The van der Waals surface area contributed by atoms with Gasteiger partial charge in [0.25, 0.3) is 0 Å². The molecule has 0 aliphatic carbocycles. The fraction of sp³-hybridized carbons (Fsp3) is 0.500. The van der Waals surface area contributed by atoms with Crippen LogP contribution in [0.4, 0.5) is 11.5 Å². The van der Waals surface area contributed by atoms with Crippen molar-refractivity contribution < 1.29 is 4.79 Å². The maximum Gasteiger partial charge on any atom is 0.241 e. The monoisotopic (exact) mass is 255 g/mol. The Morgan fingerprint density at radius 2 is 2.18 bits per heavy atom. The molecule has 92 valence electrons. The van der Waals surface area contributed by atoms with Crippen molar-refractivity contribution >= 4 is 29.0 Å². The first kappa shape index (κ1) is 11.9. The van der Waals surface area contributed by atoms with Gasteiger partial charge in [-0.25, -0.2) is 9.97 Å². The third-order valence-corrected chi connectivity index (χ3v) is 3.07. The Hall–Kier alpha value is -1.56. The molecule has 1 aliphatic heterocycles. The summed E-state index contributed by atoms with van der Waals surface area (Å²) in [6.07, 6.45) is 1.40. The average molecular weight is 256 g/mol. The molecule has 1 saturated heterocycles. The Balaban J connectivity index is 2.28. The van der Waals surface area contributed by atoms with E-state index in [2.05, 4.69) is 15.3 Å². The molecule has 1 fully saturated rings. The van der Waals surface area contributed by atoms with Crippen molar-refractivity contribution in [3.63, 3.8) is 0 Å². The number of nitrogens with zero attached hydrogens (tertiary/aromatic N) is 4. The number of halogens is 1. The van der Waals surface area contributed by atoms with Gasteiger partial charge in [-0.3, -0.25) is 4.79 Å². The van der Waals surface area contributed by atoms with Gasteiger partial charge < -0.3 is 15.1 Å². The lowest BCUT2D eigenvalue weighted by Gasteiger charge is -2.33. The number of rotatable bonds is 2. The second-order valence-electron chi connectivity index (χ2n) is 3.85. The molecule has 1 amide bonds. The molecule has 0 aromatic carbocycles. The van der Waals surface area contributed by atoms with Gasteiger partial charge in [-0.2, -0.15) is 0 Å². The number of amides is 1. The molecule has 1 aromatic rings. The summed E-state index contributed by atoms with van der Waals surface area (Å²) in [7, 11) is 3.55. The van der Waals surface area contributed by atoms with Gasteiger partial charge in [0.15, 0.2) is 11.0 Å². The van der Waals surface area contributed by atoms with Crippen molar-refractivity contribution in [3.05, 3.63) is 11.5 Å². The molecular weight excluding hydrogens is 242 g/mol. The van der Waals surface area contributed by atoms with Crippen molar-refractivity contribution in [2.45, 2.75) is 0 Å². The minimum Gasteiger partial charge on any atom is -0.383 e. The summed E-state index contributed by atoms with van der Waals surface area (Å²) in [5, 5.41) is 3.33. The molecule has 17 heavy (non-hydrogen) atoms. The lowest BCUT2D eigenvalue weighted by molar-refractivity contribution is -0.129. The predicted molar refractivity (Wildman–Crippen MR) is 66.4 cm³/mol. The zero-order chi connectivity index (χ0) is 12.4. The quantitative estimate of drug-likeness (QED) is 0.778. The lowest BCUT2D eigenvalue weighted by Crippen LogP contribution is -2.49. The van der Waals surface area contributed by atoms with Gasteiger partial charge in [-0.05, 0) is 0 Å². The third-order valence-electron chi connectivity index (χ3n) is 2.79. The maximum atomic E-state index is 11.6. The molecule has 0 atom stereocenters. The van der Waals surface area contributed by atoms with E-state index in [-0.39, 0.29) is 5.91 Å². The van der Waals surface area contributed by atoms with Crippen LogP contribution in [-0.2, 0) is 4.79 Å². The Morgan fingerprint density at radius 1 is 1.41 bits per heavy atom. The highest BCUT2D eigenvalue weighted by molar-refractivity contribution is 6.32. The fourth-order valence-electron chi connectivity index (χ4n) is 1.75. The molecule has 1 aromatic heterocycles. The van der Waals surface area contributed by atoms with Gasteiger partial charge in [0.1, 0.15) is 12.0 Å². The van der Waals surface area contributed by atoms with Crippen LogP contribution < -0.4 is 10.2 Å². The zero-order valence-electron chi connectivity index (χ0n) is 9.77. The van der Waals surface area contributed by atoms with E-state index < -0.39 is 0 Å². The average Bonchev–Trinajstić information content (AvgIpc) is 2.32. The first-order chi connectivity index (χ1) is 8.13. The van der Waals surface area contributed by atoms with E-state index in [0.29, 0.717) is 29.7 Å². The summed E-state index contributed by atoms with van der Waals surface area (Å²) in [5.74, 6) is 0.752. The van der Waals surface area contributed by atoms with Crippen molar-refractivity contribution in [2.75, 3.05) is 43.9 Å². The standard InChI is InChI=1S/C10H14ClN5O/c1-12-8-9(11)13-6-14-10(8)16-4-3-15(2)7(17)5-16/h6,12H,3-5H2,1-2H3. The molecule has 0 saturated carbocycles. The maximum absolute atomic E-state index is 11.6. The van der Waals surface area contributed by atoms with Crippen LogP contribution in [0, 0.1) is 0 Å². The number of hydrogen-bond acceptors (Lipinski definition) is 5. The summed E-state index contributed by atoms with van der Waals surface area (Å²) in [5.41, 5.74) is 0.659. The molecule has 6 nitrogen and oxygen atoms in total. The lowest BCUT2D eigenvalue weighted by atomic mass is 10.3. The van der Waals surface area contributed by atoms with Crippen LogP contribution in [0.1, 0.15) is 0 Å². The molecule has 7 heteroatoms. The number of anilines is 2. The van der Waals surface area contributed by atoms with Crippen LogP contribution >= 0.6 is 11.6 Å². The SMILES string of the molecule is CNc1c(Cl)ncnc1N1CCN(C)C(=O)C1. The first-order valence-electron chi connectivity index (χ1n) is 5.30. The molecular formula is C10H14ClN5O. The van der Waals surface area contributed by atoms with Gasteiger partial charge in [0, 0.05) is 27.2 Å². The van der Waals surface area contributed by atoms with E-state index in [9.17, 15) is 4.79 Å². The summed E-state index contributed by atoms with van der Waals surface area (Å²) in [6.45, 7) is 1.74. The topological polar surface area (TPSA) is 61.4 Å². The second-order valence-corrected chi connectivity index (χ2v) is 4.21. The minimum atomic E-state index is 0.0769. The van der Waals surface area contributed by atoms with E-state index in [0.717, 1.165) is 6.54 Å². The Kier molecular flexibility index (Phi) is 3.33. The summed E-state index contributed by atoms with van der Waals surface area (Å²) >= 11 is 5.98. The van der Waals surface area contributed by atoms with E-state index in [1.165, 1.54) is 6.33 Å². The summed E-state index contributed by atoms with van der Waals surface area (Å²) < 4.78 is 0. The molecule has 0 unspecified atom stereocenters. The largest absolute Gasteiger partial charge is 0.383 e. The smallest absolute Gasteiger partial charge is 0.241 e. The molecule has 2 rings (SSSR count). The van der Waals surface area contributed by atoms with Crippen LogP contribution in [0.15, 0.2) is 6.33 Å². The van der Waals surface area contributed by atoms with Crippen LogP contribution in [0.25, 0.3) is 0 Å². The van der Waals surface area contributed by atoms with Gasteiger partial charge in [-0.15, -0.1) is 0 Å². The zero-order valence-corrected chi connectivity index (χ0v) is 10.5. The van der Waals surface area contributed by atoms with Gasteiger partial charge in [0.05, 0.1) is 6.54 Å². The van der Waals surface area contributed by atoms with Gasteiger partial charge in [-0.1, -0.05) is 11.6 Å². The van der Waals surface area contributed by atoms with E-state index in [1.807, 2.05) is 4.90 Å². The number of carbonyl (C=O) groups excluding carboxylic acids is 1.